The van der Waals surface area contributed by atoms with Crippen molar-refractivity contribution in [1.82, 2.24) is 4.90 Å². The molecule has 204 valence electrons. The highest BCUT2D eigenvalue weighted by Crippen LogP contribution is 2.51. The number of rotatable bonds is 3. The van der Waals surface area contributed by atoms with Gasteiger partial charge in [-0.15, -0.1) is 0 Å². The van der Waals surface area contributed by atoms with Gasteiger partial charge >= 0.3 is 24.6 Å². The number of benzene rings is 2. The lowest BCUT2D eigenvalue weighted by atomic mass is 9.91. The van der Waals surface area contributed by atoms with Gasteiger partial charge in [-0.3, -0.25) is 4.90 Å². The number of amides is 1. The molecule has 2 aromatic rings. The molecule has 3 nitrogen and oxygen atoms in total. The fourth-order valence-electron chi connectivity index (χ4n) is 5.61. The van der Waals surface area contributed by atoms with Crippen molar-refractivity contribution in [2.24, 2.45) is 0 Å². The second-order valence-corrected chi connectivity index (χ2v) is 9.63. The van der Waals surface area contributed by atoms with Crippen molar-refractivity contribution in [3.8, 4) is 0 Å². The minimum Gasteiger partial charge on any atom is -0.439 e. The summed E-state index contributed by atoms with van der Waals surface area (Å²) in [6.45, 7) is 0. The number of hydrogen-bond donors (Lipinski definition) is 0. The number of carbonyl (C=O) groups excluding carboxylic acids is 1. The minimum atomic E-state index is -5.08. The molecule has 3 atom stereocenters. The van der Waals surface area contributed by atoms with E-state index >= 15 is 0 Å². The standard InChI is InChI=1S/C26H20F9NO2/c27-24(28,29)15-5-6-18(13-3-1-2-4-13)19(12-15)20-7-8-21-22(38-23(37)36(20)21)14-9-16(25(30,31)32)11-17(10-14)26(33,34)35/h3,5-6,9-12,20-22H,1-2,4,7-8H2/t20-,21-,22?/m0/s1. The first-order valence-electron chi connectivity index (χ1n) is 11.8. The zero-order valence-corrected chi connectivity index (χ0v) is 19.5. The Morgan fingerprint density at radius 1 is 0.789 bits per heavy atom. The lowest BCUT2D eigenvalue weighted by Crippen LogP contribution is -2.31. The Labute approximate surface area is 210 Å². The third-order valence-electron chi connectivity index (χ3n) is 7.28. The van der Waals surface area contributed by atoms with E-state index in [4.69, 9.17) is 4.74 Å². The summed E-state index contributed by atoms with van der Waals surface area (Å²) in [5.41, 5.74) is -2.89. The first kappa shape index (κ1) is 26.4. The summed E-state index contributed by atoms with van der Waals surface area (Å²) in [7, 11) is 0. The molecule has 2 saturated heterocycles. The average Bonchev–Trinajstić information content (AvgIpc) is 3.56. The topological polar surface area (TPSA) is 29.5 Å². The lowest BCUT2D eigenvalue weighted by Gasteiger charge is -2.26. The van der Waals surface area contributed by atoms with Gasteiger partial charge in [0, 0.05) is 0 Å². The van der Waals surface area contributed by atoms with Crippen LogP contribution in [0.25, 0.3) is 5.57 Å². The van der Waals surface area contributed by atoms with Gasteiger partial charge in [0.25, 0.3) is 0 Å². The van der Waals surface area contributed by atoms with Crippen LogP contribution in [0.5, 0.6) is 0 Å². The quantitative estimate of drug-likeness (QED) is 0.359. The Morgan fingerprint density at radius 2 is 1.42 bits per heavy atom. The molecule has 0 radical (unpaired) electrons. The van der Waals surface area contributed by atoms with Crippen LogP contribution in [0.4, 0.5) is 44.3 Å². The minimum absolute atomic E-state index is 0.0142. The molecule has 1 aliphatic carbocycles. The van der Waals surface area contributed by atoms with E-state index < -0.39 is 65.1 Å². The van der Waals surface area contributed by atoms with Crippen molar-refractivity contribution in [2.45, 2.75) is 68.8 Å². The molecule has 0 saturated carbocycles. The highest BCUT2D eigenvalue weighted by molar-refractivity contribution is 5.75. The third kappa shape index (κ3) is 4.73. The highest BCUT2D eigenvalue weighted by Gasteiger charge is 2.52. The van der Waals surface area contributed by atoms with Crippen LogP contribution in [0.1, 0.15) is 77.6 Å². The number of halogens is 9. The summed E-state index contributed by atoms with van der Waals surface area (Å²) < 4.78 is 126. The monoisotopic (exact) mass is 549 g/mol. The van der Waals surface area contributed by atoms with Gasteiger partial charge in [0.05, 0.1) is 28.8 Å². The Bertz CT molecular complexity index is 1260. The molecule has 0 aromatic heterocycles. The van der Waals surface area contributed by atoms with E-state index in [-0.39, 0.29) is 24.5 Å². The molecule has 5 rings (SSSR count). The van der Waals surface area contributed by atoms with E-state index in [0.717, 1.165) is 35.4 Å². The van der Waals surface area contributed by atoms with E-state index in [1.54, 1.807) is 0 Å². The van der Waals surface area contributed by atoms with Crippen LogP contribution in [0.15, 0.2) is 42.5 Å². The molecule has 0 N–H and O–H groups in total. The first-order valence-corrected chi connectivity index (χ1v) is 11.8. The van der Waals surface area contributed by atoms with E-state index in [9.17, 15) is 44.3 Å². The van der Waals surface area contributed by atoms with Crippen molar-refractivity contribution in [2.75, 3.05) is 0 Å². The molecule has 2 fully saturated rings. The Balaban J connectivity index is 1.55. The Morgan fingerprint density at radius 3 is 1.97 bits per heavy atom. The van der Waals surface area contributed by atoms with Gasteiger partial charge in [-0.1, -0.05) is 12.1 Å². The van der Waals surface area contributed by atoms with Crippen LogP contribution < -0.4 is 0 Å². The second-order valence-electron chi connectivity index (χ2n) is 9.63. The van der Waals surface area contributed by atoms with E-state index in [2.05, 4.69) is 0 Å². The Hall–Kier alpha value is -3.18. The van der Waals surface area contributed by atoms with Crippen LogP contribution in [-0.2, 0) is 23.3 Å². The zero-order chi connectivity index (χ0) is 27.6. The van der Waals surface area contributed by atoms with Gasteiger partial charge in [-0.2, -0.15) is 39.5 Å². The molecular formula is C26H20F9NO2. The van der Waals surface area contributed by atoms with E-state index in [1.807, 2.05) is 6.08 Å². The molecule has 12 heteroatoms. The summed E-state index contributed by atoms with van der Waals surface area (Å²) in [6.07, 6.45) is -12.9. The molecular weight excluding hydrogens is 529 g/mol. The largest absolute Gasteiger partial charge is 0.439 e. The van der Waals surface area contributed by atoms with Crippen LogP contribution in [-0.4, -0.2) is 17.0 Å². The molecule has 38 heavy (non-hydrogen) atoms. The number of cyclic esters (lactones) is 1. The predicted octanol–water partition coefficient (Wildman–Crippen LogP) is 8.71. The number of alkyl halides is 9. The van der Waals surface area contributed by atoms with Crippen molar-refractivity contribution in [3.05, 3.63) is 75.9 Å². The van der Waals surface area contributed by atoms with Gasteiger partial charge in [-0.25, -0.2) is 4.79 Å². The van der Waals surface area contributed by atoms with Gasteiger partial charge in [0.15, 0.2) is 0 Å². The molecule has 2 aliphatic heterocycles. The fraction of sp³-hybridized carbons (Fsp3) is 0.423. The molecule has 1 unspecified atom stereocenters. The smallest absolute Gasteiger partial charge is 0.416 e. The third-order valence-corrected chi connectivity index (χ3v) is 7.28. The summed E-state index contributed by atoms with van der Waals surface area (Å²) in [5, 5.41) is 0. The maximum atomic E-state index is 13.6. The number of allylic oxidation sites excluding steroid dienone is 2. The zero-order valence-electron chi connectivity index (χ0n) is 19.5. The number of hydrogen-bond acceptors (Lipinski definition) is 2. The maximum absolute atomic E-state index is 13.6. The van der Waals surface area contributed by atoms with E-state index in [1.165, 1.54) is 6.07 Å². The normalized spacial score (nSPS) is 24.0. The average molecular weight is 549 g/mol. The first-order chi connectivity index (χ1) is 17.6. The molecule has 2 aromatic carbocycles. The van der Waals surface area contributed by atoms with Gasteiger partial charge in [0.2, 0.25) is 0 Å². The summed E-state index contributed by atoms with van der Waals surface area (Å²) in [6, 6.07) is 2.46. The number of ether oxygens (including phenoxy) is 1. The van der Waals surface area contributed by atoms with Crippen molar-refractivity contribution in [3.63, 3.8) is 0 Å². The molecule has 0 bridgehead atoms. The van der Waals surface area contributed by atoms with Crippen molar-refractivity contribution in [1.29, 1.82) is 0 Å². The molecule has 2 heterocycles. The number of carbonyl (C=O) groups is 1. The van der Waals surface area contributed by atoms with Gasteiger partial charge < -0.3 is 4.74 Å². The Kier molecular flexibility index (Phi) is 6.22. The van der Waals surface area contributed by atoms with Crippen LogP contribution in [0.3, 0.4) is 0 Å². The maximum Gasteiger partial charge on any atom is 0.416 e. The molecule has 3 aliphatic rings. The highest BCUT2D eigenvalue weighted by atomic mass is 19.4. The summed E-state index contributed by atoms with van der Waals surface area (Å²) in [4.78, 5) is 14.1. The van der Waals surface area contributed by atoms with Gasteiger partial charge in [-0.05, 0) is 84.7 Å². The van der Waals surface area contributed by atoms with Crippen molar-refractivity contribution < 1.29 is 49.0 Å². The van der Waals surface area contributed by atoms with Crippen LogP contribution >= 0.6 is 0 Å². The number of nitrogens with zero attached hydrogens (tertiary/aromatic N) is 1. The van der Waals surface area contributed by atoms with Crippen LogP contribution in [0, 0.1) is 0 Å². The number of fused-ring (bicyclic) bond motifs is 1. The predicted molar refractivity (Wildman–Crippen MR) is 117 cm³/mol. The van der Waals surface area contributed by atoms with Crippen molar-refractivity contribution >= 4 is 11.7 Å². The SMILES string of the molecule is O=C1OC(c2cc(C(F)(F)F)cc(C(F)(F)F)c2)[C@@H]2CC[C@@H](c3cc(C(F)(F)F)ccc3C3=CCCC3)N12. The van der Waals surface area contributed by atoms with E-state index in [0.29, 0.717) is 24.1 Å². The van der Waals surface area contributed by atoms with Gasteiger partial charge in [0.1, 0.15) is 6.10 Å². The summed E-state index contributed by atoms with van der Waals surface area (Å²) >= 11 is 0. The molecule has 1 amide bonds. The fourth-order valence-corrected chi connectivity index (χ4v) is 5.61. The second kappa shape index (κ2) is 8.94. The molecule has 0 spiro atoms. The summed E-state index contributed by atoms with van der Waals surface area (Å²) in [5.74, 6) is 0. The lowest BCUT2D eigenvalue weighted by molar-refractivity contribution is -0.143. The van der Waals surface area contributed by atoms with Crippen LogP contribution in [0.2, 0.25) is 0 Å².